The van der Waals surface area contributed by atoms with Crippen molar-refractivity contribution in [3.05, 3.63) is 222 Å². The lowest BCUT2D eigenvalue weighted by Gasteiger charge is -2.30. The topological polar surface area (TPSA) is 4.41 Å². The van der Waals surface area contributed by atoms with E-state index in [9.17, 15) is 0 Å². The predicted octanol–water partition coefficient (Wildman–Crippen LogP) is 14.3. The van der Waals surface area contributed by atoms with Crippen molar-refractivity contribution in [2.75, 3.05) is 0 Å². The standard InChI is InChI=1S/C55H33N/c1-3-17-38-36(15-1)37-16-2-4-18-39(37)43-24-13-25-44-46-33-34(31-32-52(46)56(54(43)44)51-30-12-8-21-42(38)51)35-23-14-29-50-53(35)45-22-7-11-28-49(45)55(50)47-26-9-5-19-40(47)41-20-6-10-27-48(41)55/h1-33H. The fourth-order valence-corrected chi connectivity index (χ4v) is 10.9. The smallest absolute Gasteiger partial charge is 0.0725 e. The highest BCUT2D eigenvalue weighted by Gasteiger charge is 2.51. The molecule has 9 aromatic carbocycles. The Morgan fingerprint density at radius 2 is 0.714 bits per heavy atom. The molecule has 0 saturated carbocycles. The molecule has 0 radical (unpaired) electrons. The zero-order valence-electron chi connectivity index (χ0n) is 30.5. The summed E-state index contributed by atoms with van der Waals surface area (Å²) in [5, 5.41) is 10.0. The zero-order valence-corrected chi connectivity index (χ0v) is 30.5. The van der Waals surface area contributed by atoms with E-state index in [4.69, 9.17) is 0 Å². The summed E-state index contributed by atoms with van der Waals surface area (Å²) in [6.07, 6.45) is 0. The van der Waals surface area contributed by atoms with Crippen LogP contribution in [0.15, 0.2) is 200 Å². The average molecular weight is 708 g/mol. The van der Waals surface area contributed by atoms with Gasteiger partial charge in [-0.1, -0.05) is 182 Å². The maximum absolute atomic E-state index is 2.53. The fourth-order valence-electron chi connectivity index (χ4n) is 10.9. The van der Waals surface area contributed by atoms with Crippen molar-refractivity contribution in [1.82, 2.24) is 4.40 Å². The fraction of sp³-hybridized carbons (Fsp3) is 0.0182. The number of rotatable bonds is 1. The van der Waals surface area contributed by atoms with Gasteiger partial charge in [-0.25, -0.2) is 0 Å². The quantitative estimate of drug-likeness (QED) is 0.160. The summed E-state index contributed by atoms with van der Waals surface area (Å²) in [6, 6.07) is 75.1. The van der Waals surface area contributed by atoms with E-state index in [1.165, 1.54) is 115 Å². The van der Waals surface area contributed by atoms with Crippen molar-refractivity contribution in [2.45, 2.75) is 5.41 Å². The van der Waals surface area contributed by atoms with E-state index in [-0.39, 0.29) is 5.41 Å². The summed E-state index contributed by atoms with van der Waals surface area (Å²) in [7, 11) is 0. The lowest BCUT2D eigenvalue weighted by Crippen LogP contribution is -2.25. The van der Waals surface area contributed by atoms with Gasteiger partial charge in [0.1, 0.15) is 0 Å². The molecular formula is C55H33N. The number of benzene rings is 9. The Hall–Kier alpha value is -7.22. The van der Waals surface area contributed by atoms with Gasteiger partial charge in [-0.05, 0) is 95.4 Å². The summed E-state index contributed by atoms with van der Waals surface area (Å²) in [5.41, 5.74) is 16.6. The van der Waals surface area contributed by atoms with Crippen molar-refractivity contribution >= 4 is 59.6 Å². The maximum Gasteiger partial charge on any atom is 0.0725 e. The molecule has 13 rings (SSSR count). The molecular weight excluding hydrogens is 675 g/mol. The van der Waals surface area contributed by atoms with Crippen LogP contribution in [0.25, 0.3) is 93.0 Å². The van der Waals surface area contributed by atoms with Crippen LogP contribution in [0.2, 0.25) is 0 Å². The molecule has 11 aromatic rings. The number of hydrogen-bond donors (Lipinski definition) is 0. The second-order valence-electron chi connectivity index (χ2n) is 15.5. The highest BCUT2D eigenvalue weighted by atomic mass is 14.9. The molecule has 0 aliphatic heterocycles. The molecule has 0 saturated heterocycles. The minimum Gasteiger partial charge on any atom is -0.308 e. The van der Waals surface area contributed by atoms with Crippen LogP contribution in [0.1, 0.15) is 22.3 Å². The third-order valence-electron chi connectivity index (χ3n) is 13.0. The largest absolute Gasteiger partial charge is 0.308 e. The molecule has 2 aromatic heterocycles. The van der Waals surface area contributed by atoms with Crippen molar-refractivity contribution in [3.63, 3.8) is 0 Å². The van der Waals surface area contributed by atoms with Crippen LogP contribution in [0.3, 0.4) is 0 Å². The van der Waals surface area contributed by atoms with Gasteiger partial charge in [-0.2, -0.15) is 0 Å². The van der Waals surface area contributed by atoms with Crippen LogP contribution >= 0.6 is 0 Å². The first-order valence-corrected chi connectivity index (χ1v) is 19.6. The normalized spacial score (nSPS) is 13.5. The summed E-state index contributed by atoms with van der Waals surface area (Å²) in [6.45, 7) is 0. The number of nitrogens with zero attached hydrogens (tertiary/aromatic N) is 1. The molecule has 258 valence electrons. The van der Waals surface area contributed by atoms with Gasteiger partial charge >= 0.3 is 0 Å². The Morgan fingerprint density at radius 3 is 1.39 bits per heavy atom. The average Bonchev–Trinajstić information content (AvgIpc) is 3.89. The van der Waals surface area contributed by atoms with Gasteiger partial charge < -0.3 is 4.40 Å². The molecule has 0 N–H and O–H groups in total. The van der Waals surface area contributed by atoms with E-state index in [1.54, 1.807) is 0 Å². The van der Waals surface area contributed by atoms with Crippen molar-refractivity contribution in [2.24, 2.45) is 0 Å². The minimum atomic E-state index is -0.370. The minimum absolute atomic E-state index is 0.370. The number of para-hydroxylation sites is 2. The molecule has 1 heteroatoms. The van der Waals surface area contributed by atoms with Crippen LogP contribution in [-0.4, -0.2) is 4.40 Å². The highest BCUT2D eigenvalue weighted by Crippen LogP contribution is 2.64. The molecule has 0 fully saturated rings. The first-order chi connectivity index (χ1) is 27.8. The number of aromatic nitrogens is 1. The van der Waals surface area contributed by atoms with E-state index < -0.39 is 0 Å². The lowest BCUT2D eigenvalue weighted by molar-refractivity contribution is 0.794. The second-order valence-corrected chi connectivity index (χ2v) is 15.5. The Balaban J connectivity index is 1.16. The van der Waals surface area contributed by atoms with Crippen LogP contribution in [0.4, 0.5) is 0 Å². The monoisotopic (exact) mass is 707 g/mol. The first kappa shape index (κ1) is 30.1. The van der Waals surface area contributed by atoms with Gasteiger partial charge in [0.2, 0.25) is 0 Å². The lowest BCUT2D eigenvalue weighted by atomic mass is 9.70. The Bertz CT molecular complexity index is 3500. The van der Waals surface area contributed by atoms with Gasteiger partial charge in [-0.15, -0.1) is 0 Å². The predicted molar refractivity (Wildman–Crippen MR) is 235 cm³/mol. The molecule has 56 heavy (non-hydrogen) atoms. The van der Waals surface area contributed by atoms with Gasteiger partial charge in [0.25, 0.3) is 0 Å². The Labute approximate surface area is 324 Å². The van der Waals surface area contributed by atoms with Crippen LogP contribution in [0.5, 0.6) is 0 Å². The summed E-state index contributed by atoms with van der Waals surface area (Å²) >= 11 is 0. The van der Waals surface area contributed by atoms with E-state index in [0.29, 0.717) is 0 Å². The summed E-state index contributed by atoms with van der Waals surface area (Å²) < 4.78 is 2.53. The van der Waals surface area contributed by atoms with E-state index in [2.05, 4.69) is 205 Å². The highest BCUT2D eigenvalue weighted by molar-refractivity contribution is 6.25. The van der Waals surface area contributed by atoms with Gasteiger partial charge in [0.15, 0.2) is 0 Å². The molecule has 0 unspecified atom stereocenters. The van der Waals surface area contributed by atoms with Crippen molar-refractivity contribution < 1.29 is 0 Å². The maximum atomic E-state index is 2.53. The summed E-state index contributed by atoms with van der Waals surface area (Å²) in [4.78, 5) is 0. The molecule has 0 bridgehead atoms. The Morgan fingerprint density at radius 1 is 0.286 bits per heavy atom. The molecule has 0 atom stereocenters. The van der Waals surface area contributed by atoms with Gasteiger partial charge in [0.05, 0.1) is 22.0 Å². The van der Waals surface area contributed by atoms with Crippen molar-refractivity contribution in [3.8, 4) is 33.4 Å². The molecule has 0 amide bonds. The molecule has 1 nitrogen and oxygen atoms in total. The number of fused-ring (bicyclic) bond motifs is 20. The Kier molecular flexibility index (Phi) is 5.89. The van der Waals surface area contributed by atoms with Crippen LogP contribution < -0.4 is 0 Å². The van der Waals surface area contributed by atoms with Gasteiger partial charge in [0, 0.05) is 21.5 Å². The number of hydrogen-bond acceptors (Lipinski definition) is 0. The third kappa shape index (κ3) is 3.66. The molecule has 2 aliphatic rings. The van der Waals surface area contributed by atoms with E-state index in [1.807, 2.05) is 0 Å². The first-order valence-electron chi connectivity index (χ1n) is 19.6. The third-order valence-corrected chi connectivity index (χ3v) is 13.0. The van der Waals surface area contributed by atoms with Crippen LogP contribution in [-0.2, 0) is 5.41 Å². The van der Waals surface area contributed by atoms with Crippen molar-refractivity contribution in [1.29, 1.82) is 0 Å². The second kappa shape index (κ2) is 10.9. The molecule has 1 spiro atoms. The van der Waals surface area contributed by atoms with E-state index >= 15 is 0 Å². The molecule has 2 heterocycles. The van der Waals surface area contributed by atoms with E-state index in [0.717, 1.165) is 0 Å². The molecule has 2 aliphatic carbocycles. The van der Waals surface area contributed by atoms with Crippen LogP contribution in [0, 0.1) is 0 Å². The summed E-state index contributed by atoms with van der Waals surface area (Å²) in [5.74, 6) is 0. The van der Waals surface area contributed by atoms with Gasteiger partial charge in [-0.3, -0.25) is 0 Å². The zero-order chi connectivity index (χ0) is 36.5. The SMILES string of the molecule is c1ccc2c(c1)-c1ccccc1C21c2ccccc2-c2c(-c3ccc4c(c3)c3cccc5c6ccccc6c6ccccc6c6ccccc6n4c53)cccc21.